The molecule has 3 aromatic rings. The summed E-state index contributed by atoms with van der Waals surface area (Å²) in [6.07, 6.45) is 1.63. The van der Waals surface area contributed by atoms with Crippen molar-refractivity contribution in [2.45, 2.75) is 0 Å². The summed E-state index contributed by atoms with van der Waals surface area (Å²) in [5.41, 5.74) is 2.05. The van der Waals surface area contributed by atoms with Gasteiger partial charge in [0.05, 0.1) is 11.6 Å². The van der Waals surface area contributed by atoms with E-state index in [9.17, 15) is 9.59 Å². The third-order valence-corrected chi connectivity index (χ3v) is 6.86. The Morgan fingerprint density at radius 3 is 2.48 bits per heavy atom. The van der Waals surface area contributed by atoms with Gasteiger partial charge in [-0.15, -0.1) is 0 Å². The molecule has 2 fully saturated rings. The number of furan rings is 1. The standard InChI is InChI=1S/C25H22ClN3O3S/c26-19-6-4-5-18(15-19)22-10-9-21(32-22)16-23-24(30)29(25(31)33-23)17-27-11-13-28(14-12-27)20-7-2-1-3-8-20/h1-10,15-16H,11-14,17H2. The number of benzene rings is 2. The normalized spacial score (nSPS) is 18.5. The molecule has 33 heavy (non-hydrogen) atoms. The van der Waals surface area contributed by atoms with Crippen LogP contribution >= 0.6 is 23.4 Å². The lowest BCUT2D eigenvalue weighted by Gasteiger charge is -2.37. The van der Waals surface area contributed by atoms with Crippen LogP contribution in [0.3, 0.4) is 0 Å². The van der Waals surface area contributed by atoms with Crippen molar-refractivity contribution in [2.24, 2.45) is 0 Å². The number of hydrogen-bond donors (Lipinski definition) is 0. The van der Waals surface area contributed by atoms with Gasteiger partial charge in [-0.1, -0.05) is 41.9 Å². The average molecular weight is 480 g/mol. The van der Waals surface area contributed by atoms with E-state index < -0.39 is 0 Å². The first kappa shape index (κ1) is 21.8. The third-order valence-electron chi connectivity index (χ3n) is 5.72. The molecule has 0 atom stereocenters. The first-order valence-corrected chi connectivity index (χ1v) is 11.9. The van der Waals surface area contributed by atoms with Gasteiger partial charge >= 0.3 is 0 Å². The molecule has 0 aliphatic carbocycles. The van der Waals surface area contributed by atoms with Gasteiger partial charge in [-0.25, -0.2) is 0 Å². The molecule has 0 unspecified atom stereocenters. The first-order valence-electron chi connectivity index (χ1n) is 10.7. The van der Waals surface area contributed by atoms with Crippen LogP contribution in [0.5, 0.6) is 0 Å². The van der Waals surface area contributed by atoms with Gasteiger partial charge in [0.15, 0.2) is 0 Å². The summed E-state index contributed by atoms with van der Waals surface area (Å²) in [4.78, 5) is 31.6. The predicted molar refractivity (Wildman–Crippen MR) is 132 cm³/mol. The van der Waals surface area contributed by atoms with Crippen LogP contribution in [0.2, 0.25) is 5.02 Å². The molecular weight excluding hydrogens is 458 g/mol. The van der Waals surface area contributed by atoms with Crippen molar-refractivity contribution < 1.29 is 14.0 Å². The van der Waals surface area contributed by atoms with E-state index in [1.54, 1.807) is 18.2 Å². The van der Waals surface area contributed by atoms with Crippen LogP contribution in [0.4, 0.5) is 10.5 Å². The van der Waals surface area contributed by atoms with Crippen LogP contribution in [0.15, 0.2) is 76.1 Å². The molecule has 2 saturated heterocycles. The van der Waals surface area contributed by atoms with Gasteiger partial charge < -0.3 is 9.32 Å². The van der Waals surface area contributed by atoms with Crippen LogP contribution in [-0.4, -0.2) is 53.8 Å². The highest BCUT2D eigenvalue weighted by Crippen LogP contribution is 2.34. The number of imide groups is 1. The molecule has 0 N–H and O–H groups in total. The highest BCUT2D eigenvalue weighted by Gasteiger charge is 2.36. The van der Waals surface area contributed by atoms with Crippen LogP contribution in [0.25, 0.3) is 17.4 Å². The largest absolute Gasteiger partial charge is 0.457 e. The number of thioether (sulfide) groups is 1. The van der Waals surface area contributed by atoms with E-state index in [2.05, 4.69) is 21.9 Å². The number of halogens is 1. The van der Waals surface area contributed by atoms with Crippen LogP contribution in [-0.2, 0) is 4.79 Å². The molecule has 6 nitrogen and oxygen atoms in total. The Hall–Kier alpha value is -3.00. The van der Waals surface area contributed by atoms with Gasteiger partial charge in [0, 0.05) is 48.5 Å². The van der Waals surface area contributed by atoms with Crippen LogP contribution in [0, 0.1) is 0 Å². The van der Waals surface area contributed by atoms with E-state index in [1.807, 2.05) is 42.5 Å². The average Bonchev–Trinajstić information content (AvgIpc) is 3.40. The van der Waals surface area contributed by atoms with Gasteiger partial charge in [0.25, 0.3) is 11.1 Å². The fourth-order valence-corrected chi connectivity index (χ4v) is 4.97. The lowest BCUT2D eigenvalue weighted by molar-refractivity contribution is -0.124. The third kappa shape index (κ3) is 4.85. The lowest BCUT2D eigenvalue weighted by Crippen LogP contribution is -2.50. The molecule has 0 saturated carbocycles. The topological polar surface area (TPSA) is 57.0 Å². The van der Waals surface area contributed by atoms with Gasteiger partial charge in [-0.3, -0.25) is 19.4 Å². The summed E-state index contributed by atoms with van der Waals surface area (Å²) in [7, 11) is 0. The zero-order valence-corrected chi connectivity index (χ0v) is 19.4. The summed E-state index contributed by atoms with van der Waals surface area (Å²) in [6.45, 7) is 3.59. The minimum atomic E-state index is -0.281. The SMILES string of the molecule is O=C1SC(=Cc2ccc(-c3cccc(Cl)c3)o2)C(=O)N1CN1CCN(c2ccccc2)CC1. The Bertz CT molecular complexity index is 1200. The second kappa shape index (κ2) is 9.47. The van der Waals surface area contributed by atoms with Crippen molar-refractivity contribution in [3.8, 4) is 11.3 Å². The second-order valence-electron chi connectivity index (χ2n) is 7.90. The number of hydrogen-bond acceptors (Lipinski definition) is 6. The molecule has 168 valence electrons. The number of para-hydroxylation sites is 1. The highest BCUT2D eigenvalue weighted by molar-refractivity contribution is 8.18. The van der Waals surface area contributed by atoms with Gasteiger partial charge in [-0.2, -0.15) is 0 Å². The summed E-state index contributed by atoms with van der Waals surface area (Å²) in [6, 6.07) is 21.3. The zero-order chi connectivity index (χ0) is 22.8. The van der Waals surface area contributed by atoms with Crippen LogP contribution in [0.1, 0.15) is 5.76 Å². The fourth-order valence-electron chi connectivity index (χ4n) is 3.96. The molecule has 0 radical (unpaired) electrons. The Kier molecular flexibility index (Phi) is 6.26. The smallest absolute Gasteiger partial charge is 0.294 e. The van der Waals surface area contributed by atoms with Gasteiger partial charge in [0.2, 0.25) is 0 Å². The number of anilines is 1. The van der Waals surface area contributed by atoms with E-state index in [4.69, 9.17) is 16.0 Å². The first-order chi connectivity index (χ1) is 16.1. The Labute approximate surface area is 201 Å². The van der Waals surface area contributed by atoms with Crippen molar-refractivity contribution in [1.82, 2.24) is 9.80 Å². The highest BCUT2D eigenvalue weighted by atomic mass is 35.5. The molecule has 8 heteroatoms. The van der Waals surface area contributed by atoms with Crippen molar-refractivity contribution >= 4 is 46.3 Å². The maximum absolute atomic E-state index is 12.9. The van der Waals surface area contributed by atoms with Crippen molar-refractivity contribution in [3.63, 3.8) is 0 Å². The molecule has 2 aromatic carbocycles. The fraction of sp³-hybridized carbons (Fsp3) is 0.200. The Morgan fingerprint density at radius 2 is 1.73 bits per heavy atom. The molecule has 0 spiro atoms. The molecule has 2 amide bonds. The van der Waals surface area contributed by atoms with Gasteiger partial charge in [-0.05, 0) is 48.2 Å². The molecule has 2 aliphatic heterocycles. The van der Waals surface area contributed by atoms with Crippen LogP contribution < -0.4 is 4.90 Å². The Morgan fingerprint density at radius 1 is 0.939 bits per heavy atom. The summed E-state index contributed by atoms with van der Waals surface area (Å²) in [5, 5.41) is 0.370. The van der Waals surface area contributed by atoms with Crippen molar-refractivity contribution in [2.75, 3.05) is 37.7 Å². The predicted octanol–water partition coefficient (Wildman–Crippen LogP) is 5.42. The number of amides is 2. The van der Waals surface area contributed by atoms with Gasteiger partial charge in [0.1, 0.15) is 11.5 Å². The molecule has 1 aromatic heterocycles. The van der Waals surface area contributed by atoms with Crippen molar-refractivity contribution in [1.29, 1.82) is 0 Å². The zero-order valence-electron chi connectivity index (χ0n) is 17.8. The van der Waals surface area contributed by atoms with E-state index in [1.165, 1.54) is 10.6 Å². The number of carbonyl (C=O) groups excluding carboxylic acids is 2. The second-order valence-corrected chi connectivity index (χ2v) is 9.33. The summed E-state index contributed by atoms with van der Waals surface area (Å²) < 4.78 is 5.86. The molecular formula is C25H22ClN3O3S. The molecule has 3 heterocycles. The molecule has 2 aliphatic rings. The minimum Gasteiger partial charge on any atom is -0.457 e. The van der Waals surface area contributed by atoms with Crippen molar-refractivity contribution in [3.05, 3.63) is 82.4 Å². The number of carbonyl (C=O) groups is 2. The summed E-state index contributed by atoms with van der Waals surface area (Å²) >= 11 is 7.01. The quantitative estimate of drug-likeness (QED) is 0.456. The molecule has 0 bridgehead atoms. The van der Waals surface area contributed by atoms with E-state index >= 15 is 0 Å². The van der Waals surface area contributed by atoms with E-state index in [-0.39, 0.29) is 11.1 Å². The number of piperazine rings is 1. The van der Waals surface area contributed by atoms with E-state index in [0.717, 1.165) is 43.5 Å². The number of rotatable bonds is 5. The molecule has 5 rings (SSSR count). The monoisotopic (exact) mass is 479 g/mol. The maximum Gasteiger partial charge on any atom is 0.294 e. The van der Waals surface area contributed by atoms with E-state index in [0.29, 0.717) is 28.1 Å². The summed E-state index contributed by atoms with van der Waals surface area (Å²) in [5.74, 6) is 0.891. The number of nitrogens with zero attached hydrogens (tertiary/aromatic N) is 3. The minimum absolute atomic E-state index is 0.252. The lowest BCUT2D eigenvalue weighted by atomic mass is 10.2. The maximum atomic E-state index is 12.9. The Balaban J connectivity index is 1.22.